The Morgan fingerprint density at radius 3 is 2.61 bits per heavy atom. The van der Waals surface area contributed by atoms with Crippen LogP contribution in [0.3, 0.4) is 0 Å². The Hall–Kier alpha value is -1.56. The van der Waals surface area contributed by atoms with Gasteiger partial charge in [0.2, 0.25) is 0 Å². The monoisotopic (exact) mass is 236 g/mol. The predicted molar refractivity (Wildman–Crippen MR) is 78.8 cm³/mol. The van der Waals surface area contributed by atoms with Crippen molar-refractivity contribution in [2.24, 2.45) is 5.92 Å². The number of hydrogen-bond acceptors (Lipinski definition) is 0. The van der Waals surface area contributed by atoms with Crippen LogP contribution < -0.4 is 0 Å². The third-order valence-electron chi connectivity index (χ3n) is 4.32. The van der Waals surface area contributed by atoms with E-state index >= 15 is 0 Å². The summed E-state index contributed by atoms with van der Waals surface area (Å²) in [7, 11) is 0. The van der Waals surface area contributed by atoms with Crippen LogP contribution in [0.1, 0.15) is 37.7 Å². The normalized spacial score (nSPS) is 21.1. The summed E-state index contributed by atoms with van der Waals surface area (Å²) >= 11 is 0. The summed E-state index contributed by atoms with van der Waals surface area (Å²) in [6.45, 7) is 2.38. The van der Waals surface area contributed by atoms with Crippen LogP contribution in [-0.2, 0) is 0 Å². The van der Waals surface area contributed by atoms with E-state index in [4.69, 9.17) is 0 Å². The van der Waals surface area contributed by atoms with Crippen molar-refractivity contribution >= 4 is 10.8 Å². The molecule has 0 saturated heterocycles. The lowest BCUT2D eigenvalue weighted by atomic mass is 9.80. The molecular weight excluding hydrogens is 216 g/mol. The number of fused-ring (bicyclic) bond motifs is 1. The van der Waals surface area contributed by atoms with Gasteiger partial charge < -0.3 is 0 Å². The SMILES string of the molecule is CC(c1ccc2ccccc2c1)C1CC=CCC1. The summed E-state index contributed by atoms with van der Waals surface area (Å²) in [5.74, 6) is 1.48. The van der Waals surface area contributed by atoms with Crippen molar-refractivity contribution in [2.75, 3.05) is 0 Å². The van der Waals surface area contributed by atoms with Gasteiger partial charge in [0.15, 0.2) is 0 Å². The Morgan fingerprint density at radius 2 is 1.83 bits per heavy atom. The first-order valence-electron chi connectivity index (χ1n) is 6.98. The van der Waals surface area contributed by atoms with Crippen LogP contribution in [0.2, 0.25) is 0 Å². The maximum absolute atomic E-state index is 2.38. The summed E-state index contributed by atoms with van der Waals surface area (Å²) in [4.78, 5) is 0. The van der Waals surface area contributed by atoms with Gasteiger partial charge in [0.05, 0.1) is 0 Å². The van der Waals surface area contributed by atoms with Crippen molar-refractivity contribution in [1.29, 1.82) is 0 Å². The Bertz CT molecular complexity index is 565. The zero-order chi connectivity index (χ0) is 12.4. The molecule has 18 heavy (non-hydrogen) atoms. The van der Waals surface area contributed by atoms with E-state index in [0.29, 0.717) is 5.92 Å². The second-order valence-electron chi connectivity index (χ2n) is 5.44. The molecule has 2 unspecified atom stereocenters. The maximum Gasteiger partial charge on any atom is -0.0159 e. The van der Waals surface area contributed by atoms with Crippen molar-refractivity contribution in [2.45, 2.75) is 32.1 Å². The van der Waals surface area contributed by atoms with E-state index in [1.54, 1.807) is 0 Å². The van der Waals surface area contributed by atoms with E-state index in [9.17, 15) is 0 Å². The van der Waals surface area contributed by atoms with Gasteiger partial charge in [-0.15, -0.1) is 0 Å². The van der Waals surface area contributed by atoms with Crippen LogP contribution in [0, 0.1) is 5.92 Å². The molecule has 2 aromatic rings. The summed E-state index contributed by atoms with van der Waals surface area (Å²) < 4.78 is 0. The Morgan fingerprint density at radius 1 is 1.00 bits per heavy atom. The molecule has 0 radical (unpaired) electrons. The second kappa shape index (κ2) is 4.97. The van der Waals surface area contributed by atoms with Gasteiger partial charge >= 0.3 is 0 Å². The molecule has 0 amide bonds. The highest BCUT2D eigenvalue weighted by Crippen LogP contribution is 2.34. The first kappa shape index (κ1) is 11.5. The molecule has 0 aliphatic heterocycles. The molecule has 0 bridgehead atoms. The highest BCUT2D eigenvalue weighted by Gasteiger charge is 2.19. The minimum atomic E-state index is 0.666. The van der Waals surface area contributed by atoms with E-state index in [-0.39, 0.29) is 0 Å². The first-order chi connectivity index (χ1) is 8.84. The molecular formula is C18H20. The van der Waals surface area contributed by atoms with E-state index in [1.165, 1.54) is 35.6 Å². The first-order valence-corrected chi connectivity index (χ1v) is 6.98. The molecule has 0 aromatic heterocycles. The van der Waals surface area contributed by atoms with E-state index in [1.807, 2.05) is 0 Å². The molecule has 0 saturated carbocycles. The minimum Gasteiger partial charge on any atom is -0.0885 e. The highest BCUT2D eigenvalue weighted by atomic mass is 14.2. The Labute approximate surface area is 109 Å². The fourth-order valence-corrected chi connectivity index (χ4v) is 3.03. The van der Waals surface area contributed by atoms with Gasteiger partial charge in [-0.2, -0.15) is 0 Å². The third-order valence-corrected chi connectivity index (χ3v) is 4.32. The minimum absolute atomic E-state index is 0.666. The standard InChI is InChI=1S/C18H20/c1-14(15-7-3-2-4-8-15)17-12-11-16-9-5-6-10-18(16)13-17/h2-3,5-6,9-15H,4,7-8H2,1H3. The summed E-state index contributed by atoms with van der Waals surface area (Å²) in [5.41, 5.74) is 1.49. The van der Waals surface area contributed by atoms with Gasteiger partial charge in [0.1, 0.15) is 0 Å². The smallest absolute Gasteiger partial charge is 0.0159 e. The molecule has 92 valence electrons. The van der Waals surface area contributed by atoms with Gasteiger partial charge in [-0.1, -0.05) is 61.5 Å². The molecule has 0 nitrogen and oxygen atoms in total. The van der Waals surface area contributed by atoms with Crippen LogP contribution in [0.5, 0.6) is 0 Å². The van der Waals surface area contributed by atoms with Gasteiger partial charge in [0, 0.05) is 0 Å². The Balaban J connectivity index is 1.91. The number of hydrogen-bond donors (Lipinski definition) is 0. The van der Waals surface area contributed by atoms with E-state index < -0.39 is 0 Å². The number of benzene rings is 2. The summed E-state index contributed by atoms with van der Waals surface area (Å²) in [5, 5.41) is 2.71. The lowest BCUT2D eigenvalue weighted by Crippen LogP contribution is -2.11. The zero-order valence-electron chi connectivity index (χ0n) is 11.0. The van der Waals surface area contributed by atoms with Crippen LogP contribution in [0.15, 0.2) is 54.6 Å². The molecule has 0 spiro atoms. The van der Waals surface area contributed by atoms with Crippen molar-refractivity contribution in [3.63, 3.8) is 0 Å². The number of allylic oxidation sites excluding steroid dienone is 2. The van der Waals surface area contributed by atoms with Gasteiger partial charge in [-0.3, -0.25) is 0 Å². The predicted octanol–water partition coefficient (Wildman–Crippen LogP) is 5.30. The quantitative estimate of drug-likeness (QED) is 0.621. The lowest BCUT2D eigenvalue weighted by molar-refractivity contribution is 0.410. The molecule has 0 heteroatoms. The van der Waals surface area contributed by atoms with Crippen molar-refractivity contribution in [3.05, 3.63) is 60.2 Å². The van der Waals surface area contributed by atoms with Crippen LogP contribution >= 0.6 is 0 Å². The Kier molecular flexibility index (Phi) is 3.19. The molecule has 2 atom stereocenters. The lowest BCUT2D eigenvalue weighted by Gasteiger charge is -2.25. The van der Waals surface area contributed by atoms with Gasteiger partial charge in [0.25, 0.3) is 0 Å². The second-order valence-corrected chi connectivity index (χ2v) is 5.44. The fraction of sp³-hybridized carbons (Fsp3) is 0.333. The summed E-state index contributed by atoms with van der Waals surface area (Å²) in [6.07, 6.45) is 8.51. The molecule has 1 aliphatic carbocycles. The fourth-order valence-electron chi connectivity index (χ4n) is 3.03. The molecule has 2 aromatic carbocycles. The molecule has 1 aliphatic rings. The zero-order valence-corrected chi connectivity index (χ0v) is 11.0. The van der Waals surface area contributed by atoms with Crippen molar-refractivity contribution in [1.82, 2.24) is 0 Å². The van der Waals surface area contributed by atoms with E-state index in [2.05, 4.69) is 61.5 Å². The van der Waals surface area contributed by atoms with E-state index in [0.717, 1.165) is 5.92 Å². The molecule has 3 rings (SSSR count). The molecule has 0 heterocycles. The van der Waals surface area contributed by atoms with Crippen LogP contribution in [0.4, 0.5) is 0 Å². The van der Waals surface area contributed by atoms with Crippen molar-refractivity contribution in [3.8, 4) is 0 Å². The maximum atomic E-state index is 2.38. The largest absolute Gasteiger partial charge is 0.0885 e. The number of rotatable bonds is 2. The highest BCUT2D eigenvalue weighted by molar-refractivity contribution is 5.83. The summed E-state index contributed by atoms with van der Waals surface area (Å²) in [6, 6.07) is 15.6. The van der Waals surface area contributed by atoms with Crippen LogP contribution in [-0.4, -0.2) is 0 Å². The topological polar surface area (TPSA) is 0 Å². The van der Waals surface area contributed by atoms with Crippen molar-refractivity contribution < 1.29 is 0 Å². The molecule has 0 fully saturated rings. The van der Waals surface area contributed by atoms with Crippen LogP contribution in [0.25, 0.3) is 10.8 Å². The third kappa shape index (κ3) is 2.20. The average molecular weight is 236 g/mol. The average Bonchev–Trinajstić information content (AvgIpc) is 2.47. The van der Waals surface area contributed by atoms with Gasteiger partial charge in [-0.25, -0.2) is 0 Å². The van der Waals surface area contributed by atoms with Gasteiger partial charge in [-0.05, 0) is 47.4 Å². The molecule has 0 N–H and O–H groups in total.